The van der Waals surface area contributed by atoms with Gasteiger partial charge >= 0.3 is 0 Å². The van der Waals surface area contributed by atoms with Gasteiger partial charge in [-0.05, 0) is 19.1 Å². The van der Waals surface area contributed by atoms with Gasteiger partial charge in [0.15, 0.2) is 11.4 Å². The number of furan rings is 1. The van der Waals surface area contributed by atoms with Crippen molar-refractivity contribution in [2.24, 2.45) is 0 Å². The van der Waals surface area contributed by atoms with Gasteiger partial charge in [0.05, 0.1) is 0 Å². The van der Waals surface area contributed by atoms with Crippen LogP contribution in [-0.2, 0) is 0 Å². The minimum absolute atomic E-state index is 0.729. The average Bonchev–Trinajstić information content (AvgIpc) is 2.76. The van der Waals surface area contributed by atoms with E-state index in [4.69, 9.17) is 4.42 Å². The summed E-state index contributed by atoms with van der Waals surface area (Å²) in [6.45, 7) is 6.66. The van der Waals surface area contributed by atoms with Gasteiger partial charge in [0.2, 0.25) is 0 Å². The molecule has 3 rings (SSSR count). The summed E-state index contributed by atoms with van der Waals surface area (Å²) in [7, 11) is 1.98. The van der Waals surface area contributed by atoms with E-state index in [-0.39, 0.29) is 0 Å². The molecule has 0 bridgehead atoms. The largest absolute Gasteiger partial charge is 0.450 e. The average molecular weight is 253 g/mol. The van der Waals surface area contributed by atoms with Gasteiger partial charge in [-0.1, -0.05) is 24.3 Å². The molecule has 19 heavy (non-hydrogen) atoms. The molecule has 2 aromatic heterocycles. The number of nitrogens with zero attached hydrogens (tertiary/aromatic N) is 3. The molecular formula is C15H15N3O. The maximum Gasteiger partial charge on any atom is 0.196 e. The highest BCUT2D eigenvalue weighted by atomic mass is 16.3. The molecule has 3 aromatic rings. The number of likely N-dealkylation sites (N-methyl/N-ethyl adjacent to an activating group) is 1. The molecule has 0 saturated heterocycles. The second-order valence-electron chi connectivity index (χ2n) is 4.79. The topological polar surface area (TPSA) is 42.2 Å². The number of anilines is 1. The van der Waals surface area contributed by atoms with Gasteiger partial charge in [0.25, 0.3) is 0 Å². The Morgan fingerprint density at radius 3 is 2.89 bits per heavy atom. The third-order valence-electron chi connectivity index (χ3n) is 3.01. The molecule has 0 saturated carbocycles. The zero-order valence-electron chi connectivity index (χ0n) is 11.1. The lowest BCUT2D eigenvalue weighted by molar-refractivity contribution is 0.663. The summed E-state index contributed by atoms with van der Waals surface area (Å²) in [6, 6.07) is 7.89. The lowest BCUT2D eigenvalue weighted by atomic mass is 10.2. The third-order valence-corrected chi connectivity index (χ3v) is 3.01. The number of aromatic nitrogens is 2. The first kappa shape index (κ1) is 11.7. The van der Waals surface area contributed by atoms with Gasteiger partial charge < -0.3 is 9.32 Å². The Labute approximate surface area is 111 Å². The first-order chi connectivity index (χ1) is 9.16. The number of rotatable bonds is 3. The van der Waals surface area contributed by atoms with Crippen molar-refractivity contribution in [2.45, 2.75) is 6.92 Å². The summed E-state index contributed by atoms with van der Waals surface area (Å²) in [5.41, 5.74) is 3.50. The van der Waals surface area contributed by atoms with Crippen LogP contribution in [0.3, 0.4) is 0 Å². The van der Waals surface area contributed by atoms with E-state index in [0.717, 1.165) is 40.0 Å². The quantitative estimate of drug-likeness (QED) is 0.671. The van der Waals surface area contributed by atoms with Crippen molar-refractivity contribution < 1.29 is 4.42 Å². The van der Waals surface area contributed by atoms with Crippen molar-refractivity contribution in [3.8, 4) is 0 Å². The third kappa shape index (κ3) is 1.95. The van der Waals surface area contributed by atoms with Crippen LogP contribution in [0.4, 0.5) is 5.82 Å². The Hall–Kier alpha value is -2.36. The summed E-state index contributed by atoms with van der Waals surface area (Å²) >= 11 is 0. The number of fused-ring (bicyclic) bond motifs is 3. The van der Waals surface area contributed by atoms with Gasteiger partial charge in [-0.2, -0.15) is 0 Å². The molecule has 0 aliphatic rings. The maximum atomic E-state index is 5.89. The molecule has 0 fully saturated rings. The Morgan fingerprint density at radius 1 is 1.32 bits per heavy atom. The smallest absolute Gasteiger partial charge is 0.196 e. The van der Waals surface area contributed by atoms with E-state index in [9.17, 15) is 0 Å². The maximum absolute atomic E-state index is 5.89. The summed E-state index contributed by atoms with van der Waals surface area (Å²) in [5, 5.41) is 1.02. The first-order valence-electron chi connectivity index (χ1n) is 6.14. The van der Waals surface area contributed by atoms with Crippen molar-refractivity contribution in [1.82, 2.24) is 9.97 Å². The van der Waals surface area contributed by atoms with Gasteiger partial charge in [-0.25, -0.2) is 9.97 Å². The Morgan fingerprint density at radius 2 is 2.11 bits per heavy atom. The molecule has 0 atom stereocenters. The van der Waals surface area contributed by atoms with Gasteiger partial charge in [-0.3, -0.25) is 0 Å². The molecule has 0 spiro atoms. The van der Waals surface area contributed by atoms with Crippen molar-refractivity contribution in [2.75, 3.05) is 18.5 Å². The SMILES string of the molecule is C=C(C)CN(C)c1ncnc2c1oc1ccccc12. The fourth-order valence-corrected chi connectivity index (χ4v) is 2.26. The number of hydrogen-bond donors (Lipinski definition) is 0. The van der Waals surface area contributed by atoms with Crippen LogP contribution in [0.25, 0.3) is 22.1 Å². The van der Waals surface area contributed by atoms with Crippen LogP contribution >= 0.6 is 0 Å². The van der Waals surface area contributed by atoms with Crippen LogP contribution in [0.1, 0.15) is 6.92 Å². The van der Waals surface area contributed by atoms with Crippen LogP contribution in [0.5, 0.6) is 0 Å². The van der Waals surface area contributed by atoms with Gasteiger partial charge in [-0.15, -0.1) is 0 Å². The first-order valence-corrected chi connectivity index (χ1v) is 6.14. The zero-order valence-corrected chi connectivity index (χ0v) is 11.1. The molecular weight excluding hydrogens is 238 g/mol. The predicted octanol–water partition coefficient (Wildman–Crippen LogP) is 3.39. The van der Waals surface area contributed by atoms with Crippen LogP contribution in [0, 0.1) is 0 Å². The highest BCUT2D eigenvalue weighted by molar-refractivity contribution is 6.05. The van der Waals surface area contributed by atoms with Crippen molar-refractivity contribution in [1.29, 1.82) is 0 Å². The van der Waals surface area contributed by atoms with Crippen molar-refractivity contribution in [3.05, 3.63) is 42.7 Å². The van der Waals surface area contributed by atoms with E-state index in [2.05, 4.69) is 16.5 Å². The molecule has 0 N–H and O–H groups in total. The fraction of sp³-hybridized carbons (Fsp3) is 0.200. The van der Waals surface area contributed by atoms with Crippen molar-refractivity contribution in [3.63, 3.8) is 0 Å². The van der Waals surface area contributed by atoms with E-state index >= 15 is 0 Å². The number of para-hydroxylation sites is 1. The summed E-state index contributed by atoms with van der Waals surface area (Å²) < 4.78 is 5.89. The van der Waals surface area contributed by atoms with Gasteiger partial charge in [0, 0.05) is 19.0 Å². The number of hydrogen-bond acceptors (Lipinski definition) is 4. The minimum Gasteiger partial charge on any atom is -0.450 e. The Kier molecular flexibility index (Phi) is 2.71. The minimum atomic E-state index is 0.729. The molecule has 2 heterocycles. The zero-order chi connectivity index (χ0) is 13.4. The highest BCUT2D eigenvalue weighted by Crippen LogP contribution is 2.31. The summed E-state index contributed by atoms with van der Waals surface area (Å²) in [6.07, 6.45) is 1.58. The standard InChI is InChI=1S/C15H15N3O/c1-10(2)8-18(3)15-14-13(16-9-17-15)11-6-4-5-7-12(11)19-14/h4-7,9H,1,8H2,2-3H3. The highest BCUT2D eigenvalue weighted by Gasteiger charge is 2.15. The van der Waals surface area contributed by atoms with Gasteiger partial charge in [0.1, 0.15) is 17.4 Å². The van der Waals surface area contributed by atoms with Crippen LogP contribution < -0.4 is 4.90 Å². The molecule has 0 amide bonds. The second kappa shape index (κ2) is 4.39. The van der Waals surface area contributed by atoms with Crippen LogP contribution in [0.15, 0.2) is 47.2 Å². The molecule has 4 nitrogen and oxygen atoms in total. The molecule has 0 aliphatic carbocycles. The normalized spacial score (nSPS) is 11.1. The van der Waals surface area contributed by atoms with Crippen molar-refractivity contribution >= 4 is 27.9 Å². The molecule has 96 valence electrons. The molecule has 0 radical (unpaired) electrons. The second-order valence-corrected chi connectivity index (χ2v) is 4.79. The molecule has 0 unspecified atom stereocenters. The molecule has 4 heteroatoms. The van der Waals surface area contributed by atoms with E-state index in [1.165, 1.54) is 0 Å². The Bertz CT molecular complexity index is 760. The Balaban J connectivity index is 2.23. The summed E-state index contributed by atoms with van der Waals surface area (Å²) in [4.78, 5) is 10.7. The van der Waals surface area contributed by atoms with Crippen LogP contribution in [0.2, 0.25) is 0 Å². The van der Waals surface area contributed by atoms with E-state index in [0.29, 0.717) is 0 Å². The lowest BCUT2D eigenvalue weighted by Gasteiger charge is -2.17. The lowest BCUT2D eigenvalue weighted by Crippen LogP contribution is -2.20. The predicted molar refractivity (Wildman–Crippen MR) is 77.4 cm³/mol. The van der Waals surface area contributed by atoms with Crippen LogP contribution in [-0.4, -0.2) is 23.6 Å². The van der Waals surface area contributed by atoms with E-state index in [1.807, 2.05) is 43.1 Å². The fourth-order valence-electron chi connectivity index (χ4n) is 2.26. The monoisotopic (exact) mass is 253 g/mol. The summed E-state index contributed by atoms with van der Waals surface area (Å²) in [5.74, 6) is 0.796. The number of benzene rings is 1. The molecule has 1 aromatic carbocycles. The molecule has 0 aliphatic heterocycles. The van der Waals surface area contributed by atoms with E-state index < -0.39 is 0 Å². The van der Waals surface area contributed by atoms with E-state index in [1.54, 1.807) is 6.33 Å².